The van der Waals surface area contributed by atoms with E-state index in [0.29, 0.717) is 12.3 Å². The number of aliphatic hydroxyl groups is 1. The smallest absolute Gasteiger partial charge is 0.323 e. The monoisotopic (exact) mass is 435 g/mol. The van der Waals surface area contributed by atoms with Crippen molar-refractivity contribution in [2.75, 3.05) is 38.5 Å². The van der Waals surface area contributed by atoms with Crippen molar-refractivity contribution in [3.63, 3.8) is 0 Å². The SMILES string of the molecule is NCCSC1CC(N(CC(=O)O)CC(=O)O)=C(N(CC(=O)O)CC(=O)O)CC1O. The van der Waals surface area contributed by atoms with Gasteiger partial charge in [0.05, 0.1) is 6.10 Å². The molecule has 0 saturated heterocycles. The molecule has 0 saturated carbocycles. The number of carbonyl (C=O) groups is 4. The molecule has 0 aliphatic heterocycles. The Balaban J connectivity index is 3.44. The first-order valence-electron chi connectivity index (χ1n) is 8.64. The number of rotatable bonds is 13. The maximum Gasteiger partial charge on any atom is 0.323 e. The standard InChI is InChI=1S/C16H25N3O9S/c17-1-2-29-12-4-10(19(7-15(25)26)8-16(27)28)9(3-11(12)20)18(5-13(21)22)6-14(23)24/h11-12,20H,1-8,17H2,(H,21,22)(H,23,24)(H,25,26)(H,27,28). The average Bonchev–Trinajstić information content (AvgIpc) is 2.57. The van der Waals surface area contributed by atoms with Crippen molar-refractivity contribution in [1.82, 2.24) is 9.80 Å². The zero-order valence-electron chi connectivity index (χ0n) is 15.6. The number of hydrogen-bond acceptors (Lipinski definition) is 9. The van der Waals surface area contributed by atoms with Gasteiger partial charge >= 0.3 is 23.9 Å². The number of aliphatic hydroxyl groups excluding tert-OH is 1. The van der Waals surface area contributed by atoms with Crippen LogP contribution in [0, 0.1) is 0 Å². The summed E-state index contributed by atoms with van der Waals surface area (Å²) in [6.45, 7) is -2.43. The Morgan fingerprint density at radius 1 is 0.828 bits per heavy atom. The second-order valence-electron chi connectivity index (χ2n) is 6.35. The number of carboxylic acids is 4. The van der Waals surface area contributed by atoms with Crippen molar-refractivity contribution in [1.29, 1.82) is 0 Å². The fourth-order valence-electron chi connectivity index (χ4n) is 3.05. The van der Waals surface area contributed by atoms with Gasteiger partial charge in [0.25, 0.3) is 0 Å². The molecule has 0 spiro atoms. The molecule has 1 aliphatic rings. The molecule has 13 heteroatoms. The Bertz CT molecular complexity index is 638. The molecule has 0 radical (unpaired) electrons. The van der Waals surface area contributed by atoms with E-state index in [0.717, 1.165) is 9.80 Å². The van der Waals surface area contributed by atoms with Gasteiger partial charge in [-0.05, 0) is 0 Å². The lowest BCUT2D eigenvalue weighted by molar-refractivity contribution is -0.143. The number of hydrogen-bond donors (Lipinski definition) is 6. The van der Waals surface area contributed by atoms with E-state index in [1.165, 1.54) is 11.8 Å². The zero-order valence-corrected chi connectivity index (χ0v) is 16.4. The van der Waals surface area contributed by atoms with Crippen molar-refractivity contribution < 1.29 is 44.7 Å². The summed E-state index contributed by atoms with van der Waals surface area (Å²) in [4.78, 5) is 47.0. The van der Waals surface area contributed by atoms with E-state index in [1.54, 1.807) is 0 Å². The average molecular weight is 435 g/mol. The fourth-order valence-corrected chi connectivity index (χ4v) is 4.08. The predicted molar refractivity (Wildman–Crippen MR) is 101 cm³/mol. The number of aliphatic carboxylic acids is 4. The molecule has 7 N–H and O–H groups in total. The summed E-state index contributed by atoms with van der Waals surface area (Å²) < 4.78 is 0. The summed E-state index contributed by atoms with van der Waals surface area (Å²) in [6.07, 6.45) is -1.07. The second kappa shape index (κ2) is 11.5. The Labute approximate surface area is 170 Å². The third-order valence-corrected chi connectivity index (χ3v) is 5.46. The minimum Gasteiger partial charge on any atom is -0.480 e. The number of allylic oxidation sites excluding steroid dienone is 1. The van der Waals surface area contributed by atoms with Crippen LogP contribution in [-0.4, -0.2) is 109 Å². The molecule has 2 atom stereocenters. The van der Waals surface area contributed by atoms with Gasteiger partial charge in [-0.2, -0.15) is 11.8 Å². The van der Waals surface area contributed by atoms with Gasteiger partial charge in [-0.1, -0.05) is 0 Å². The number of thioether (sulfide) groups is 1. The molecule has 0 aromatic carbocycles. The first-order valence-corrected chi connectivity index (χ1v) is 9.68. The third-order valence-electron chi connectivity index (χ3n) is 4.08. The predicted octanol–water partition coefficient (Wildman–Crippen LogP) is -1.64. The van der Waals surface area contributed by atoms with E-state index < -0.39 is 61.4 Å². The van der Waals surface area contributed by atoms with E-state index in [2.05, 4.69) is 0 Å². The maximum atomic E-state index is 11.3. The molecule has 29 heavy (non-hydrogen) atoms. The molecular weight excluding hydrogens is 410 g/mol. The Hall–Kier alpha value is -2.51. The van der Waals surface area contributed by atoms with Gasteiger partial charge in [0.15, 0.2) is 0 Å². The van der Waals surface area contributed by atoms with E-state index in [4.69, 9.17) is 15.9 Å². The lowest BCUT2D eigenvalue weighted by Crippen LogP contribution is -2.45. The van der Waals surface area contributed by atoms with Crippen LogP contribution in [0.4, 0.5) is 0 Å². The van der Waals surface area contributed by atoms with Gasteiger partial charge in [0.2, 0.25) is 0 Å². The van der Waals surface area contributed by atoms with Crippen molar-refractivity contribution in [3.8, 4) is 0 Å². The highest BCUT2D eigenvalue weighted by molar-refractivity contribution is 8.00. The third kappa shape index (κ3) is 8.17. The second-order valence-corrected chi connectivity index (χ2v) is 7.70. The van der Waals surface area contributed by atoms with Gasteiger partial charge < -0.3 is 41.1 Å². The molecule has 0 bridgehead atoms. The molecule has 0 aromatic rings. The quantitative estimate of drug-likeness (QED) is 0.192. The molecule has 0 heterocycles. The molecule has 12 nitrogen and oxygen atoms in total. The molecule has 0 amide bonds. The fraction of sp³-hybridized carbons (Fsp3) is 0.625. The number of carboxylic acid groups (broad SMARTS) is 4. The molecule has 1 rings (SSSR count). The van der Waals surface area contributed by atoms with Crippen LogP contribution < -0.4 is 5.73 Å². The lowest BCUT2D eigenvalue weighted by Gasteiger charge is -2.39. The molecule has 2 unspecified atom stereocenters. The zero-order chi connectivity index (χ0) is 22.1. The van der Waals surface area contributed by atoms with Crippen molar-refractivity contribution in [3.05, 3.63) is 11.4 Å². The van der Waals surface area contributed by atoms with Gasteiger partial charge in [-0.3, -0.25) is 19.2 Å². The Kier molecular flexibility index (Phi) is 9.71. The molecule has 0 aromatic heterocycles. The summed E-state index contributed by atoms with van der Waals surface area (Å²) in [5, 5.41) is 46.7. The van der Waals surface area contributed by atoms with Crippen LogP contribution in [0.15, 0.2) is 11.4 Å². The van der Waals surface area contributed by atoms with Gasteiger partial charge in [-0.15, -0.1) is 0 Å². The summed E-state index contributed by atoms with van der Waals surface area (Å²) in [7, 11) is 0. The van der Waals surface area contributed by atoms with Crippen molar-refractivity contribution in [2.45, 2.75) is 24.2 Å². The van der Waals surface area contributed by atoms with Crippen molar-refractivity contribution in [2.24, 2.45) is 5.73 Å². The topological polar surface area (TPSA) is 202 Å². The van der Waals surface area contributed by atoms with Crippen LogP contribution >= 0.6 is 11.8 Å². The minimum absolute atomic E-state index is 0.0392. The van der Waals surface area contributed by atoms with E-state index in [-0.39, 0.29) is 24.2 Å². The van der Waals surface area contributed by atoms with Crippen LogP contribution in [0.1, 0.15) is 12.8 Å². The van der Waals surface area contributed by atoms with Crippen LogP contribution in [-0.2, 0) is 19.2 Å². The first kappa shape index (κ1) is 24.5. The van der Waals surface area contributed by atoms with Gasteiger partial charge in [0, 0.05) is 41.8 Å². The van der Waals surface area contributed by atoms with Crippen LogP contribution in [0.25, 0.3) is 0 Å². The minimum atomic E-state index is -1.32. The molecular formula is C16H25N3O9S. The van der Waals surface area contributed by atoms with Crippen molar-refractivity contribution >= 4 is 35.6 Å². The van der Waals surface area contributed by atoms with Gasteiger partial charge in [-0.25, -0.2) is 0 Å². The molecule has 164 valence electrons. The maximum absolute atomic E-state index is 11.3. The first-order chi connectivity index (χ1) is 13.5. The largest absolute Gasteiger partial charge is 0.480 e. The van der Waals surface area contributed by atoms with E-state index in [9.17, 15) is 34.5 Å². The number of nitrogens with two attached hydrogens (primary N) is 1. The van der Waals surface area contributed by atoms with Crippen LogP contribution in [0.3, 0.4) is 0 Å². The Morgan fingerprint density at radius 3 is 1.55 bits per heavy atom. The Morgan fingerprint density at radius 2 is 1.21 bits per heavy atom. The highest BCUT2D eigenvalue weighted by atomic mass is 32.2. The van der Waals surface area contributed by atoms with Crippen LogP contribution in [0.2, 0.25) is 0 Å². The summed E-state index contributed by atoms with van der Waals surface area (Å²) >= 11 is 1.32. The van der Waals surface area contributed by atoms with Crippen LogP contribution in [0.5, 0.6) is 0 Å². The summed E-state index contributed by atoms with van der Waals surface area (Å²) in [5.41, 5.74) is 5.78. The summed E-state index contributed by atoms with van der Waals surface area (Å²) in [6, 6.07) is 0. The highest BCUT2D eigenvalue weighted by Gasteiger charge is 2.35. The number of nitrogens with zero attached hydrogens (tertiary/aromatic N) is 2. The molecule has 0 fully saturated rings. The molecule has 1 aliphatic carbocycles. The normalized spacial score (nSPS) is 19.0. The summed E-state index contributed by atoms with van der Waals surface area (Å²) in [5.74, 6) is -4.77. The lowest BCUT2D eigenvalue weighted by atomic mass is 9.95. The van der Waals surface area contributed by atoms with Gasteiger partial charge in [0.1, 0.15) is 26.2 Å². The van der Waals surface area contributed by atoms with E-state index >= 15 is 0 Å². The highest BCUT2D eigenvalue weighted by Crippen LogP contribution is 2.36. The van der Waals surface area contributed by atoms with E-state index in [1.807, 2.05) is 0 Å².